The lowest BCUT2D eigenvalue weighted by Gasteiger charge is -2.09. The molecule has 17 heavy (non-hydrogen) atoms. The molecule has 1 rings (SSSR count). The molecule has 0 aliphatic carbocycles. The van der Waals surface area contributed by atoms with Crippen molar-refractivity contribution in [2.24, 2.45) is 0 Å². The maximum Gasteiger partial charge on any atom is 0.340 e. The lowest BCUT2D eigenvalue weighted by atomic mass is 10.1. The largest absolute Gasteiger partial charge is 0.459 e. The van der Waals surface area contributed by atoms with E-state index in [2.05, 4.69) is 4.98 Å². The molecule has 0 N–H and O–H groups in total. The van der Waals surface area contributed by atoms with Crippen LogP contribution in [0.5, 0.6) is 0 Å². The van der Waals surface area contributed by atoms with Crippen molar-refractivity contribution in [2.45, 2.75) is 33.8 Å². The molecule has 0 aliphatic rings. The summed E-state index contributed by atoms with van der Waals surface area (Å²) in [4.78, 5) is 25.8. The molecule has 1 heterocycles. The molecule has 0 fully saturated rings. The van der Waals surface area contributed by atoms with E-state index >= 15 is 0 Å². The number of ether oxygens (including phenoxy) is 1. The van der Waals surface area contributed by atoms with Crippen LogP contribution >= 0.6 is 0 Å². The number of nitrogens with zero attached hydrogens (tertiary/aromatic N) is 2. The van der Waals surface area contributed by atoms with Gasteiger partial charge in [0.05, 0.1) is 22.3 Å². The SMILES string of the molecule is Cc1nc(C)c([N+](=O)[O-])cc1C(=O)OC(C)C. The second kappa shape index (κ2) is 4.90. The van der Waals surface area contributed by atoms with E-state index < -0.39 is 10.9 Å². The average Bonchev–Trinajstić information content (AvgIpc) is 2.15. The fourth-order valence-electron chi connectivity index (χ4n) is 1.38. The highest BCUT2D eigenvalue weighted by molar-refractivity contribution is 5.91. The van der Waals surface area contributed by atoms with Crippen LogP contribution < -0.4 is 0 Å². The van der Waals surface area contributed by atoms with Crippen molar-refractivity contribution in [1.29, 1.82) is 0 Å². The van der Waals surface area contributed by atoms with Crippen LogP contribution in [0.4, 0.5) is 5.69 Å². The number of esters is 1. The summed E-state index contributed by atoms with van der Waals surface area (Å²) in [6, 6.07) is 1.21. The summed E-state index contributed by atoms with van der Waals surface area (Å²) in [6.45, 7) is 6.57. The number of carbonyl (C=O) groups is 1. The molecule has 1 aromatic heterocycles. The molecule has 0 saturated carbocycles. The lowest BCUT2D eigenvalue weighted by Crippen LogP contribution is -2.14. The topological polar surface area (TPSA) is 82.3 Å². The molecule has 0 bridgehead atoms. The lowest BCUT2D eigenvalue weighted by molar-refractivity contribution is -0.385. The minimum atomic E-state index is -0.590. The number of aromatic nitrogens is 1. The van der Waals surface area contributed by atoms with Crippen molar-refractivity contribution in [2.75, 3.05) is 0 Å². The molecular weight excluding hydrogens is 224 g/mol. The summed E-state index contributed by atoms with van der Waals surface area (Å²) in [5.74, 6) is -0.590. The second-order valence-corrected chi connectivity index (χ2v) is 3.94. The standard InChI is InChI=1S/C11H14N2O4/c1-6(2)17-11(14)9-5-10(13(15)16)8(4)12-7(9)3/h5-6H,1-4H3. The Balaban J connectivity index is 3.20. The van der Waals surface area contributed by atoms with Gasteiger partial charge in [-0.25, -0.2) is 4.79 Å². The fourth-order valence-corrected chi connectivity index (χ4v) is 1.38. The monoisotopic (exact) mass is 238 g/mol. The Hall–Kier alpha value is -1.98. The number of pyridine rings is 1. The van der Waals surface area contributed by atoms with Gasteiger partial charge in [-0.3, -0.25) is 15.1 Å². The van der Waals surface area contributed by atoms with E-state index in [1.165, 1.54) is 13.0 Å². The first-order valence-electron chi connectivity index (χ1n) is 5.16. The molecule has 0 amide bonds. The Morgan fingerprint density at radius 3 is 2.47 bits per heavy atom. The van der Waals surface area contributed by atoms with Crippen molar-refractivity contribution < 1.29 is 14.5 Å². The van der Waals surface area contributed by atoms with Crippen molar-refractivity contribution in [1.82, 2.24) is 4.98 Å². The van der Waals surface area contributed by atoms with Crippen LogP contribution in [-0.4, -0.2) is 22.0 Å². The first-order chi connectivity index (χ1) is 7.82. The predicted octanol–water partition coefficient (Wildman–Crippen LogP) is 2.17. The zero-order valence-electron chi connectivity index (χ0n) is 10.2. The molecule has 0 saturated heterocycles. The van der Waals surface area contributed by atoms with Crippen LogP contribution in [0.2, 0.25) is 0 Å². The van der Waals surface area contributed by atoms with Gasteiger partial charge in [0.25, 0.3) is 5.69 Å². The Morgan fingerprint density at radius 1 is 1.41 bits per heavy atom. The maximum atomic E-state index is 11.7. The fraction of sp³-hybridized carbons (Fsp3) is 0.455. The number of hydrogen-bond donors (Lipinski definition) is 0. The van der Waals surface area contributed by atoms with Crippen molar-refractivity contribution in [3.05, 3.63) is 33.1 Å². The number of rotatable bonds is 3. The van der Waals surface area contributed by atoms with Gasteiger partial charge in [0.2, 0.25) is 0 Å². The molecular formula is C11H14N2O4. The van der Waals surface area contributed by atoms with E-state index in [0.29, 0.717) is 5.69 Å². The average molecular weight is 238 g/mol. The molecule has 1 aromatic rings. The molecule has 0 aromatic carbocycles. The summed E-state index contributed by atoms with van der Waals surface area (Å²) in [6.07, 6.45) is -0.276. The Bertz CT molecular complexity index is 469. The van der Waals surface area contributed by atoms with Crippen LogP contribution in [0.1, 0.15) is 35.6 Å². The molecule has 92 valence electrons. The van der Waals surface area contributed by atoms with Crippen LogP contribution in [0.3, 0.4) is 0 Å². The number of nitro groups is 1. The van der Waals surface area contributed by atoms with Gasteiger partial charge >= 0.3 is 5.97 Å². The molecule has 6 heteroatoms. The van der Waals surface area contributed by atoms with Crippen molar-refractivity contribution in [3.63, 3.8) is 0 Å². The van der Waals surface area contributed by atoms with Gasteiger partial charge in [-0.1, -0.05) is 0 Å². The van der Waals surface area contributed by atoms with Gasteiger partial charge in [-0.15, -0.1) is 0 Å². The predicted molar refractivity (Wildman–Crippen MR) is 60.9 cm³/mol. The Kier molecular flexibility index (Phi) is 3.77. The molecule has 0 radical (unpaired) electrons. The Morgan fingerprint density at radius 2 is 2.00 bits per heavy atom. The first-order valence-corrected chi connectivity index (χ1v) is 5.16. The summed E-state index contributed by atoms with van der Waals surface area (Å²) in [5.41, 5.74) is 0.676. The molecule has 0 spiro atoms. The highest BCUT2D eigenvalue weighted by Crippen LogP contribution is 2.20. The molecule has 0 aliphatic heterocycles. The maximum absolute atomic E-state index is 11.7. The van der Waals surface area contributed by atoms with Gasteiger partial charge in [0.15, 0.2) is 0 Å². The number of aryl methyl sites for hydroxylation is 2. The van der Waals surface area contributed by atoms with Crippen LogP contribution in [0, 0.1) is 24.0 Å². The highest BCUT2D eigenvalue weighted by atomic mass is 16.6. The van der Waals surface area contributed by atoms with Gasteiger partial charge in [-0.05, 0) is 27.7 Å². The summed E-state index contributed by atoms with van der Waals surface area (Å²) >= 11 is 0. The minimum Gasteiger partial charge on any atom is -0.459 e. The van der Waals surface area contributed by atoms with Gasteiger partial charge in [-0.2, -0.15) is 0 Å². The van der Waals surface area contributed by atoms with Crippen molar-refractivity contribution >= 4 is 11.7 Å². The van der Waals surface area contributed by atoms with Crippen molar-refractivity contribution in [3.8, 4) is 0 Å². The highest BCUT2D eigenvalue weighted by Gasteiger charge is 2.20. The number of hydrogen-bond acceptors (Lipinski definition) is 5. The van der Waals surface area contributed by atoms with Crippen LogP contribution in [-0.2, 0) is 4.74 Å². The van der Waals surface area contributed by atoms with Crippen LogP contribution in [0.15, 0.2) is 6.07 Å². The first kappa shape index (κ1) is 13.1. The normalized spacial score (nSPS) is 10.4. The number of carbonyl (C=O) groups excluding carboxylic acids is 1. The van der Waals surface area contributed by atoms with Crippen LogP contribution in [0.25, 0.3) is 0 Å². The Labute approximate surface area is 98.8 Å². The molecule has 0 atom stereocenters. The smallest absolute Gasteiger partial charge is 0.340 e. The van der Waals surface area contributed by atoms with Gasteiger partial charge < -0.3 is 4.74 Å². The van der Waals surface area contributed by atoms with E-state index in [-0.39, 0.29) is 23.0 Å². The zero-order chi connectivity index (χ0) is 13.2. The quantitative estimate of drug-likeness (QED) is 0.458. The summed E-state index contributed by atoms with van der Waals surface area (Å²) in [7, 11) is 0. The van der Waals surface area contributed by atoms with Gasteiger partial charge in [0, 0.05) is 6.07 Å². The third kappa shape index (κ3) is 2.99. The minimum absolute atomic E-state index is 0.135. The van der Waals surface area contributed by atoms with E-state index in [9.17, 15) is 14.9 Å². The molecule has 0 unspecified atom stereocenters. The second-order valence-electron chi connectivity index (χ2n) is 3.94. The summed E-state index contributed by atoms with van der Waals surface area (Å²) < 4.78 is 4.99. The van der Waals surface area contributed by atoms with E-state index in [1.807, 2.05) is 0 Å². The summed E-state index contributed by atoms with van der Waals surface area (Å²) in [5, 5.41) is 10.7. The zero-order valence-corrected chi connectivity index (χ0v) is 10.2. The van der Waals surface area contributed by atoms with E-state index in [1.54, 1.807) is 20.8 Å². The third-order valence-electron chi connectivity index (χ3n) is 2.14. The van der Waals surface area contributed by atoms with E-state index in [0.717, 1.165) is 0 Å². The van der Waals surface area contributed by atoms with Gasteiger partial charge in [0.1, 0.15) is 5.69 Å². The third-order valence-corrected chi connectivity index (χ3v) is 2.14. The van der Waals surface area contributed by atoms with E-state index in [4.69, 9.17) is 4.74 Å². The molecule has 6 nitrogen and oxygen atoms in total.